The molecule has 1 atom stereocenters. The molecule has 0 aliphatic heterocycles. The van der Waals surface area contributed by atoms with Gasteiger partial charge in [-0.25, -0.2) is 0 Å². The fourth-order valence-electron chi connectivity index (χ4n) is 2.44. The normalized spacial score (nSPS) is 19.3. The summed E-state index contributed by atoms with van der Waals surface area (Å²) in [6.07, 6.45) is 2.71. The molecule has 1 fully saturated rings. The Balaban J connectivity index is 2.09. The third-order valence-corrected chi connectivity index (χ3v) is 3.49. The van der Waals surface area contributed by atoms with Crippen molar-refractivity contribution in [2.75, 3.05) is 27.2 Å². The Morgan fingerprint density at radius 1 is 1.24 bits per heavy atom. The average molecular weight is 232 g/mol. The van der Waals surface area contributed by atoms with Crippen molar-refractivity contribution in [1.29, 1.82) is 0 Å². The topological polar surface area (TPSA) is 15.3 Å². The zero-order chi connectivity index (χ0) is 12.3. The molecule has 2 heteroatoms. The van der Waals surface area contributed by atoms with E-state index in [1.54, 1.807) is 0 Å². The van der Waals surface area contributed by atoms with Crippen molar-refractivity contribution in [3.63, 3.8) is 0 Å². The van der Waals surface area contributed by atoms with Gasteiger partial charge in [0.1, 0.15) is 0 Å². The van der Waals surface area contributed by atoms with E-state index in [9.17, 15) is 0 Å². The van der Waals surface area contributed by atoms with Gasteiger partial charge in [-0.2, -0.15) is 0 Å². The maximum atomic E-state index is 3.67. The van der Waals surface area contributed by atoms with Crippen LogP contribution < -0.4 is 5.32 Å². The molecule has 0 heterocycles. The molecule has 0 spiro atoms. The summed E-state index contributed by atoms with van der Waals surface area (Å²) >= 11 is 0. The summed E-state index contributed by atoms with van der Waals surface area (Å²) in [7, 11) is 4.30. The molecule has 0 amide bonds. The largest absolute Gasteiger partial charge is 0.313 e. The number of hydrogen-bond acceptors (Lipinski definition) is 2. The number of hydrogen-bond donors (Lipinski definition) is 1. The molecule has 1 aliphatic carbocycles. The lowest BCUT2D eigenvalue weighted by Crippen LogP contribution is -2.44. The van der Waals surface area contributed by atoms with Crippen LogP contribution in [0.4, 0.5) is 0 Å². The molecule has 0 saturated heterocycles. The van der Waals surface area contributed by atoms with Gasteiger partial charge >= 0.3 is 0 Å². The second-order valence-electron chi connectivity index (χ2n) is 5.82. The standard InChI is InChI=1S/C15H24N2/c1-15(12-17(2)3,11-16-14-9-10-14)13-7-5-4-6-8-13/h4-8,14,16H,9-12H2,1-3H3. The molecule has 1 aromatic carbocycles. The van der Waals surface area contributed by atoms with E-state index >= 15 is 0 Å². The van der Waals surface area contributed by atoms with E-state index in [-0.39, 0.29) is 5.41 Å². The first-order valence-corrected chi connectivity index (χ1v) is 6.54. The molecule has 2 rings (SSSR count). The first-order chi connectivity index (χ1) is 8.10. The van der Waals surface area contributed by atoms with E-state index < -0.39 is 0 Å². The van der Waals surface area contributed by atoms with Crippen LogP contribution in [0.15, 0.2) is 30.3 Å². The van der Waals surface area contributed by atoms with Gasteiger partial charge in [-0.1, -0.05) is 37.3 Å². The highest BCUT2D eigenvalue weighted by Crippen LogP contribution is 2.26. The van der Waals surface area contributed by atoms with Crippen molar-refractivity contribution in [3.8, 4) is 0 Å². The molecule has 2 nitrogen and oxygen atoms in total. The SMILES string of the molecule is CN(C)CC(C)(CNC1CC1)c1ccccc1. The third-order valence-electron chi connectivity index (χ3n) is 3.49. The molecular weight excluding hydrogens is 208 g/mol. The van der Waals surface area contributed by atoms with Gasteiger partial charge in [-0.15, -0.1) is 0 Å². The summed E-state index contributed by atoms with van der Waals surface area (Å²) in [4.78, 5) is 2.28. The highest BCUT2D eigenvalue weighted by Gasteiger charge is 2.30. The molecule has 1 aromatic rings. The van der Waals surface area contributed by atoms with Gasteiger partial charge in [0, 0.05) is 24.5 Å². The Bertz CT molecular complexity index is 343. The highest BCUT2D eigenvalue weighted by molar-refractivity contribution is 5.25. The van der Waals surface area contributed by atoms with E-state index in [1.165, 1.54) is 18.4 Å². The van der Waals surface area contributed by atoms with E-state index in [2.05, 4.69) is 61.6 Å². The van der Waals surface area contributed by atoms with Gasteiger partial charge in [0.15, 0.2) is 0 Å². The van der Waals surface area contributed by atoms with E-state index in [0.29, 0.717) is 0 Å². The van der Waals surface area contributed by atoms with Crippen molar-refractivity contribution in [1.82, 2.24) is 10.2 Å². The molecule has 1 saturated carbocycles. The van der Waals surface area contributed by atoms with Gasteiger partial charge < -0.3 is 10.2 Å². The van der Waals surface area contributed by atoms with Crippen molar-refractivity contribution >= 4 is 0 Å². The van der Waals surface area contributed by atoms with Crippen LogP contribution in [0, 0.1) is 0 Å². The van der Waals surface area contributed by atoms with Gasteiger partial charge in [0.2, 0.25) is 0 Å². The summed E-state index contributed by atoms with van der Waals surface area (Å²) in [5.74, 6) is 0. The Kier molecular flexibility index (Phi) is 3.85. The number of likely N-dealkylation sites (N-methyl/N-ethyl adjacent to an activating group) is 1. The number of rotatable bonds is 6. The Hall–Kier alpha value is -0.860. The van der Waals surface area contributed by atoms with Crippen LogP contribution in [0.5, 0.6) is 0 Å². The fraction of sp³-hybridized carbons (Fsp3) is 0.600. The average Bonchev–Trinajstić information content (AvgIpc) is 3.11. The molecule has 1 N–H and O–H groups in total. The van der Waals surface area contributed by atoms with Crippen molar-refractivity contribution < 1.29 is 0 Å². The first kappa shape index (κ1) is 12.6. The van der Waals surface area contributed by atoms with Crippen LogP contribution in [-0.4, -0.2) is 38.1 Å². The smallest absolute Gasteiger partial charge is 0.0176 e. The van der Waals surface area contributed by atoms with Crippen molar-refractivity contribution in [2.45, 2.75) is 31.2 Å². The van der Waals surface area contributed by atoms with Gasteiger partial charge in [0.25, 0.3) is 0 Å². The van der Waals surface area contributed by atoms with Crippen LogP contribution in [0.2, 0.25) is 0 Å². The van der Waals surface area contributed by atoms with Gasteiger partial charge in [-0.3, -0.25) is 0 Å². The fourth-order valence-corrected chi connectivity index (χ4v) is 2.44. The van der Waals surface area contributed by atoms with Crippen LogP contribution in [0.1, 0.15) is 25.3 Å². The summed E-state index contributed by atoms with van der Waals surface area (Å²) in [6.45, 7) is 4.51. The minimum atomic E-state index is 0.202. The lowest BCUT2D eigenvalue weighted by atomic mass is 9.82. The molecule has 0 radical (unpaired) electrons. The monoisotopic (exact) mass is 232 g/mol. The van der Waals surface area contributed by atoms with Crippen LogP contribution in [0.3, 0.4) is 0 Å². The quantitative estimate of drug-likeness (QED) is 0.809. The summed E-state index contributed by atoms with van der Waals surface area (Å²) in [5.41, 5.74) is 1.63. The molecule has 0 bridgehead atoms. The molecule has 1 unspecified atom stereocenters. The molecule has 0 aromatic heterocycles. The number of nitrogens with one attached hydrogen (secondary N) is 1. The first-order valence-electron chi connectivity index (χ1n) is 6.54. The predicted molar refractivity (Wildman–Crippen MR) is 73.4 cm³/mol. The summed E-state index contributed by atoms with van der Waals surface area (Å²) < 4.78 is 0. The predicted octanol–water partition coefficient (Wildman–Crippen LogP) is 2.26. The molecule has 17 heavy (non-hydrogen) atoms. The summed E-state index contributed by atoms with van der Waals surface area (Å²) in [6, 6.07) is 11.6. The Morgan fingerprint density at radius 2 is 1.88 bits per heavy atom. The zero-order valence-electron chi connectivity index (χ0n) is 11.2. The van der Waals surface area contributed by atoms with E-state index in [0.717, 1.165) is 19.1 Å². The maximum Gasteiger partial charge on any atom is 0.0176 e. The highest BCUT2D eigenvalue weighted by atomic mass is 15.1. The number of nitrogens with zero attached hydrogens (tertiary/aromatic N) is 1. The van der Waals surface area contributed by atoms with Crippen LogP contribution in [-0.2, 0) is 5.41 Å². The van der Waals surface area contributed by atoms with E-state index in [4.69, 9.17) is 0 Å². The summed E-state index contributed by atoms with van der Waals surface area (Å²) in [5, 5.41) is 3.67. The lowest BCUT2D eigenvalue weighted by molar-refractivity contribution is 0.287. The number of benzene rings is 1. The molecule has 1 aliphatic rings. The molecular formula is C15H24N2. The Labute approximate surface area is 105 Å². The van der Waals surface area contributed by atoms with Crippen molar-refractivity contribution in [2.24, 2.45) is 0 Å². The minimum Gasteiger partial charge on any atom is -0.313 e. The zero-order valence-corrected chi connectivity index (χ0v) is 11.2. The van der Waals surface area contributed by atoms with Crippen LogP contribution in [0.25, 0.3) is 0 Å². The Morgan fingerprint density at radius 3 is 2.41 bits per heavy atom. The van der Waals surface area contributed by atoms with Gasteiger partial charge in [0.05, 0.1) is 0 Å². The third kappa shape index (κ3) is 3.55. The van der Waals surface area contributed by atoms with Crippen molar-refractivity contribution in [3.05, 3.63) is 35.9 Å². The maximum absolute atomic E-state index is 3.67. The second kappa shape index (κ2) is 5.19. The van der Waals surface area contributed by atoms with Gasteiger partial charge in [-0.05, 0) is 32.5 Å². The molecule has 94 valence electrons. The van der Waals surface area contributed by atoms with Crippen LogP contribution >= 0.6 is 0 Å². The second-order valence-corrected chi connectivity index (χ2v) is 5.82. The minimum absolute atomic E-state index is 0.202. The van der Waals surface area contributed by atoms with E-state index in [1.807, 2.05) is 0 Å². The lowest BCUT2D eigenvalue weighted by Gasteiger charge is -2.33.